The SMILES string of the molecule is CCNC(=O)c1ccc(Nc2nccc(-c3ccc(N(COC(=O)C(C)(C)CC4CCC4)C(=O)C4CC4(F)F)cc3)n2)cc1. The Morgan fingerprint density at radius 3 is 2.32 bits per heavy atom. The predicted molar refractivity (Wildman–Crippen MR) is 162 cm³/mol. The van der Waals surface area contributed by atoms with E-state index in [2.05, 4.69) is 20.6 Å². The Morgan fingerprint density at radius 1 is 1.05 bits per heavy atom. The van der Waals surface area contributed by atoms with E-state index in [0.29, 0.717) is 53.0 Å². The summed E-state index contributed by atoms with van der Waals surface area (Å²) in [7, 11) is 0. The summed E-state index contributed by atoms with van der Waals surface area (Å²) in [6.45, 7) is 5.58. The average molecular weight is 606 g/mol. The lowest BCUT2D eigenvalue weighted by atomic mass is 9.73. The number of nitrogens with one attached hydrogen (secondary N) is 2. The molecule has 2 aromatic carbocycles. The Morgan fingerprint density at radius 2 is 1.73 bits per heavy atom. The number of aromatic nitrogens is 2. The summed E-state index contributed by atoms with van der Waals surface area (Å²) in [6, 6.07) is 15.3. The number of alkyl halides is 2. The molecule has 2 fully saturated rings. The van der Waals surface area contributed by atoms with Crippen molar-refractivity contribution < 1.29 is 27.9 Å². The third-order valence-electron chi connectivity index (χ3n) is 8.16. The van der Waals surface area contributed by atoms with E-state index in [1.165, 1.54) is 0 Å². The molecule has 2 saturated carbocycles. The van der Waals surface area contributed by atoms with Gasteiger partial charge in [-0.15, -0.1) is 0 Å². The number of hydrogen-bond acceptors (Lipinski definition) is 7. The molecule has 0 bridgehead atoms. The van der Waals surface area contributed by atoms with Crippen molar-refractivity contribution in [1.29, 1.82) is 0 Å². The Balaban J connectivity index is 1.28. The van der Waals surface area contributed by atoms with Crippen LogP contribution in [0, 0.1) is 17.3 Å². The van der Waals surface area contributed by atoms with Crippen LogP contribution in [0.3, 0.4) is 0 Å². The molecule has 0 saturated heterocycles. The van der Waals surface area contributed by atoms with E-state index in [9.17, 15) is 23.2 Å². The summed E-state index contributed by atoms with van der Waals surface area (Å²) in [4.78, 5) is 48.0. The lowest BCUT2D eigenvalue weighted by molar-refractivity contribution is -0.155. The molecule has 5 rings (SSSR count). The summed E-state index contributed by atoms with van der Waals surface area (Å²) in [5.41, 5.74) is 2.12. The smallest absolute Gasteiger partial charge is 0.313 e. The highest BCUT2D eigenvalue weighted by Gasteiger charge is 2.62. The maximum atomic E-state index is 13.9. The van der Waals surface area contributed by atoms with Crippen LogP contribution < -0.4 is 15.5 Å². The van der Waals surface area contributed by atoms with E-state index in [4.69, 9.17) is 4.74 Å². The second kappa shape index (κ2) is 12.7. The van der Waals surface area contributed by atoms with E-state index in [1.54, 1.807) is 60.8 Å². The van der Waals surface area contributed by atoms with Crippen molar-refractivity contribution in [2.75, 3.05) is 23.5 Å². The molecule has 0 aliphatic heterocycles. The summed E-state index contributed by atoms with van der Waals surface area (Å²) in [6.07, 6.45) is 5.09. The number of carbonyl (C=O) groups is 3. The second-order valence-electron chi connectivity index (χ2n) is 12.1. The Bertz CT molecular complexity index is 1510. The van der Waals surface area contributed by atoms with E-state index >= 15 is 0 Å². The van der Waals surface area contributed by atoms with Crippen LogP contribution in [0.1, 0.15) is 63.2 Å². The van der Waals surface area contributed by atoms with Gasteiger partial charge in [0.25, 0.3) is 11.8 Å². The first kappa shape index (κ1) is 31.0. The van der Waals surface area contributed by atoms with Gasteiger partial charge in [-0.25, -0.2) is 18.7 Å². The highest BCUT2D eigenvalue weighted by Crippen LogP contribution is 2.50. The van der Waals surface area contributed by atoms with Crippen LogP contribution >= 0.6 is 0 Å². The molecule has 2 amide bonds. The second-order valence-corrected chi connectivity index (χ2v) is 12.1. The van der Waals surface area contributed by atoms with Crippen molar-refractivity contribution in [2.45, 2.75) is 58.8 Å². The van der Waals surface area contributed by atoms with Gasteiger partial charge in [0.1, 0.15) is 5.92 Å². The number of benzene rings is 2. The van der Waals surface area contributed by atoms with E-state index < -0.39 is 42.3 Å². The van der Waals surface area contributed by atoms with Crippen molar-refractivity contribution in [3.63, 3.8) is 0 Å². The van der Waals surface area contributed by atoms with Crippen LogP contribution in [0.15, 0.2) is 60.8 Å². The minimum Gasteiger partial charge on any atom is -0.443 e. The van der Waals surface area contributed by atoms with Crippen molar-refractivity contribution in [2.24, 2.45) is 17.3 Å². The molecule has 2 aliphatic rings. The molecule has 232 valence electrons. The molecule has 44 heavy (non-hydrogen) atoms. The molecular formula is C33H37F2N5O4. The van der Waals surface area contributed by atoms with E-state index in [1.807, 2.05) is 20.8 Å². The highest BCUT2D eigenvalue weighted by atomic mass is 19.3. The van der Waals surface area contributed by atoms with Gasteiger partial charge in [-0.3, -0.25) is 19.3 Å². The molecule has 3 aromatic rings. The lowest BCUT2D eigenvalue weighted by Crippen LogP contribution is -2.39. The van der Waals surface area contributed by atoms with Crippen LogP contribution in [-0.4, -0.2) is 46.9 Å². The summed E-state index contributed by atoms with van der Waals surface area (Å²) in [5, 5.41) is 5.87. The van der Waals surface area contributed by atoms with Gasteiger partial charge in [-0.2, -0.15) is 0 Å². The van der Waals surface area contributed by atoms with E-state index in [-0.39, 0.29) is 5.91 Å². The zero-order chi connectivity index (χ0) is 31.5. The van der Waals surface area contributed by atoms with Gasteiger partial charge in [0.05, 0.1) is 11.1 Å². The number of amides is 2. The van der Waals surface area contributed by atoms with Gasteiger partial charge in [0, 0.05) is 41.7 Å². The largest absolute Gasteiger partial charge is 0.443 e. The molecule has 1 unspecified atom stereocenters. The maximum Gasteiger partial charge on any atom is 0.313 e. The standard InChI is InChI=1S/C33H37F2N5O4/c1-4-36-28(41)23-8-12-24(13-9-23)38-31-37-17-16-27(39-31)22-10-14-25(15-11-22)40(29(42)26-19-33(26,34)35)20-44-30(43)32(2,3)18-21-6-5-7-21/h8-17,21,26H,4-7,18-20H2,1-3H3,(H,36,41)(H,37,38,39). The molecule has 2 N–H and O–H groups in total. The molecule has 1 heterocycles. The first-order valence-corrected chi connectivity index (χ1v) is 14.9. The van der Waals surface area contributed by atoms with Gasteiger partial charge in [-0.1, -0.05) is 31.4 Å². The fraction of sp³-hybridized carbons (Fsp3) is 0.424. The van der Waals surface area contributed by atoms with Crippen LogP contribution in [-0.2, 0) is 14.3 Å². The fourth-order valence-corrected chi connectivity index (χ4v) is 5.24. The number of carbonyl (C=O) groups excluding carboxylic acids is 3. The highest BCUT2D eigenvalue weighted by molar-refractivity contribution is 5.98. The number of nitrogens with zero attached hydrogens (tertiary/aromatic N) is 3. The van der Waals surface area contributed by atoms with Crippen molar-refractivity contribution >= 4 is 35.1 Å². The maximum absolute atomic E-state index is 13.9. The van der Waals surface area contributed by atoms with Crippen LogP contribution in [0.2, 0.25) is 0 Å². The topological polar surface area (TPSA) is 114 Å². The predicted octanol–water partition coefficient (Wildman–Crippen LogP) is 6.34. The third-order valence-corrected chi connectivity index (χ3v) is 8.16. The summed E-state index contributed by atoms with van der Waals surface area (Å²) >= 11 is 0. The van der Waals surface area contributed by atoms with Gasteiger partial charge in [0.15, 0.2) is 6.73 Å². The molecule has 1 atom stereocenters. The zero-order valence-corrected chi connectivity index (χ0v) is 25.1. The monoisotopic (exact) mass is 605 g/mol. The lowest BCUT2D eigenvalue weighted by Gasteiger charge is -2.33. The summed E-state index contributed by atoms with van der Waals surface area (Å²) in [5.74, 6) is -5.08. The van der Waals surface area contributed by atoms with Crippen molar-refractivity contribution in [3.05, 3.63) is 66.4 Å². The number of halogens is 2. The molecular weight excluding hydrogens is 568 g/mol. The third kappa shape index (κ3) is 7.20. The average Bonchev–Trinajstić information content (AvgIpc) is 3.63. The fourth-order valence-electron chi connectivity index (χ4n) is 5.24. The molecule has 9 nitrogen and oxygen atoms in total. The Labute approximate surface area is 255 Å². The zero-order valence-electron chi connectivity index (χ0n) is 25.1. The molecule has 11 heteroatoms. The minimum absolute atomic E-state index is 0.155. The van der Waals surface area contributed by atoms with Gasteiger partial charge in [0.2, 0.25) is 11.9 Å². The Hall–Kier alpha value is -4.41. The van der Waals surface area contributed by atoms with Crippen molar-refractivity contribution in [1.82, 2.24) is 15.3 Å². The first-order valence-electron chi connectivity index (χ1n) is 14.9. The molecule has 1 aromatic heterocycles. The van der Waals surface area contributed by atoms with Gasteiger partial charge in [-0.05, 0) is 75.6 Å². The number of rotatable bonds is 12. The molecule has 0 spiro atoms. The van der Waals surface area contributed by atoms with Gasteiger partial charge < -0.3 is 15.4 Å². The quantitative estimate of drug-likeness (QED) is 0.183. The summed E-state index contributed by atoms with van der Waals surface area (Å²) < 4.78 is 33.3. The van der Waals surface area contributed by atoms with Gasteiger partial charge >= 0.3 is 5.97 Å². The number of esters is 1. The number of anilines is 3. The Kier molecular flexibility index (Phi) is 8.94. The first-order chi connectivity index (χ1) is 21.0. The van der Waals surface area contributed by atoms with Crippen LogP contribution in [0.25, 0.3) is 11.3 Å². The number of ether oxygens (including phenoxy) is 1. The normalized spacial score (nSPS) is 17.2. The minimum atomic E-state index is -3.06. The van der Waals surface area contributed by atoms with E-state index in [0.717, 1.165) is 24.2 Å². The molecule has 2 aliphatic carbocycles. The number of hydrogen-bond donors (Lipinski definition) is 2. The van der Waals surface area contributed by atoms with Crippen LogP contribution in [0.4, 0.5) is 26.1 Å². The molecule has 0 radical (unpaired) electrons. The van der Waals surface area contributed by atoms with Crippen LogP contribution in [0.5, 0.6) is 0 Å². The van der Waals surface area contributed by atoms with Crippen molar-refractivity contribution in [3.8, 4) is 11.3 Å².